The summed E-state index contributed by atoms with van der Waals surface area (Å²) in [7, 11) is 0. The molecule has 0 saturated carbocycles. The van der Waals surface area contributed by atoms with Gasteiger partial charge < -0.3 is 9.84 Å². The summed E-state index contributed by atoms with van der Waals surface area (Å²) in [6, 6.07) is 0. The molecular formula is C12H24O2. The van der Waals surface area contributed by atoms with Crippen molar-refractivity contribution in [1.82, 2.24) is 0 Å². The first-order valence-electron chi connectivity index (χ1n) is 6.06. The van der Waals surface area contributed by atoms with Crippen LogP contribution in [0.3, 0.4) is 0 Å². The molecule has 0 aromatic rings. The average molecular weight is 200 g/mol. The molecule has 0 aliphatic carbocycles. The van der Waals surface area contributed by atoms with Gasteiger partial charge in [-0.3, -0.25) is 0 Å². The van der Waals surface area contributed by atoms with E-state index in [1.54, 1.807) is 0 Å². The van der Waals surface area contributed by atoms with E-state index in [9.17, 15) is 5.11 Å². The standard InChI is InChI=1S/C12H24O2/c1-3-5-11(13)6-4-7-12-9-8-10(2)14-12/h10-13H,3-9H2,1-2H3. The SMILES string of the molecule is CCCC(O)CCCC1CCC(C)O1. The van der Waals surface area contributed by atoms with Gasteiger partial charge in [-0.15, -0.1) is 0 Å². The fourth-order valence-corrected chi connectivity index (χ4v) is 2.16. The second kappa shape index (κ2) is 6.41. The van der Waals surface area contributed by atoms with Crippen LogP contribution >= 0.6 is 0 Å². The van der Waals surface area contributed by atoms with E-state index in [2.05, 4.69) is 13.8 Å². The Morgan fingerprint density at radius 3 is 2.71 bits per heavy atom. The number of rotatable bonds is 6. The molecule has 1 saturated heterocycles. The van der Waals surface area contributed by atoms with Crippen molar-refractivity contribution in [2.75, 3.05) is 0 Å². The molecule has 0 spiro atoms. The first kappa shape index (κ1) is 12.0. The average Bonchev–Trinajstić information content (AvgIpc) is 2.52. The van der Waals surface area contributed by atoms with Crippen molar-refractivity contribution in [3.05, 3.63) is 0 Å². The van der Waals surface area contributed by atoms with Gasteiger partial charge in [0.1, 0.15) is 0 Å². The van der Waals surface area contributed by atoms with E-state index in [1.165, 1.54) is 12.8 Å². The Morgan fingerprint density at radius 2 is 2.14 bits per heavy atom. The Hall–Kier alpha value is -0.0800. The highest BCUT2D eigenvalue weighted by atomic mass is 16.5. The van der Waals surface area contributed by atoms with Crippen LogP contribution in [0.2, 0.25) is 0 Å². The molecule has 1 aliphatic heterocycles. The second-order valence-corrected chi connectivity index (χ2v) is 4.52. The highest BCUT2D eigenvalue weighted by Gasteiger charge is 2.21. The molecule has 14 heavy (non-hydrogen) atoms. The van der Waals surface area contributed by atoms with Gasteiger partial charge >= 0.3 is 0 Å². The maximum atomic E-state index is 9.53. The second-order valence-electron chi connectivity index (χ2n) is 4.52. The minimum absolute atomic E-state index is 0.0844. The van der Waals surface area contributed by atoms with Crippen molar-refractivity contribution < 1.29 is 9.84 Å². The van der Waals surface area contributed by atoms with Crippen molar-refractivity contribution in [2.45, 2.75) is 77.1 Å². The summed E-state index contributed by atoms with van der Waals surface area (Å²) < 4.78 is 5.72. The molecule has 1 aliphatic rings. The summed E-state index contributed by atoms with van der Waals surface area (Å²) in [6.45, 7) is 4.26. The summed E-state index contributed by atoms with van der Waals surface area (Å²) in [4.78, 5) is 0. The molecule has 0 aromatic heterocycles. The first-order chi connectivity index (χ1) is 6.72. The molecule has 2 heteroatoms. The third-order valence-corrected chi connectivity index (χ3v) is 3.01. The van der Waals surface area contributed by atoms with E-state index in [0.29, 0.717) is 12.2 Å². The normalized spacial score (nSPS) is 29.4. The number of hydrogen-bond acceptors (Lipinski definition) is 2. The highest BCUT2D eigenvalue weighted by Crippen LogP contribution is 2.23. The minimum Gasteiger partial charge on any atom is -0.393 e. The molecule has 1 fully saturated rings. The topological polar surface area (TPSA) is 29.5 Å². The lowest BCUT2D eigenvalue weighted by molar-refractivity contribution is 0.0463. The molecule has 0 aromatic carbocycles. The van der Waals surface area contributed by atoms with Crippen molar-refractivity contribution >= 4 is 0 Å². The third-order valence-electron chi connectivity index (χ3n) is 3.01. The Balaban J connectivity index is 1.98. The van der Waals surface area contributed by atoms with E-state index < -0.39 is 0 Å². The van der Waals surface area contributed by atoms with E-state index in [0.717, 1.165) is 32.1 Å². The molecular weight excluding hydrogens is 176 g/mol. The predicted octanol–water partition coefficient (Wildman–Crippen LogP) is 2.89. The third kappa shape index (κ3) is 4.43. The molecule has 2 nitrogen and oxygen atoms in total. The molecule has 3 atom stereocenters. The lowest BCUT2D eigenvalue weighted by Gasteiger charge is -2.12. The van der Waals surface area contributed by atoms with Gasteiger partial charge in [0.05, 0.1) is 18.3 Å². The summed E-state index contributed by atoms with van der Waals surface area (Å²) in [5.74, 6) is 0. The number of hydrogen-bond donors (Lipinski definition) is 1. The van der Waals surface area contributed by atoms with Crippen LogP contribution in [-0.4, -0.2) is 23.4 Å². The molecule has 1 heterocycles. The van der Waals surface area contributed by atoms with Crippen molar-refractivity contribution in [2.24, 2.45) is 0 Å². The Kier molecular flexibility index (Phi) is 5.49. The van der Waals surface area contributed by atoms with Gasteiger partial charge in [0, 0.05) is 0 Å². The number of aliphatic hydroxyl groups excluding tert-OH is 1. The molecule has 0 radical (unpaired) electrons. The molecule has 0 bridgehead atoms. The monoisotopic (exact) mass is 200 g/mol. The van der Waals surface area contributed by atoms with Crippen LogP contribution in [-0.2, 0) is 4.74 Å². The van der Waals surface area contributed by atoms with Crippen LogP contribution in [0.1, 0.15) is 58.8 Å². The number of aliphatic hydroxyl groups is 1. The predicted molar refractivity (Wildman–Crippen MR) is 58.3 cm³/mol. The van der Waals surface area contributed by atoms with Gasteiger partial charge in [0.25, 0.3) is 0 Å². The van der Waals surface area contributed by atoms with Gasteiger partial charge in [-0.1, -0.05) is 13.3 Å². The molecule has 0 amide bonds. The zero-order chi connectivity index (χ0) is 10.4. The highest BCUT2D eigenvalue weighted by molar-refractivity contribution is 4.70. The van der Waals surface area contributed by atoms with Gasteiger partial charge in [-0.05, 0) is 45.4 Å². The van der Waals surface area contributed by atoms with Crippen LogP contribution < -0.4 is 0 Å². The lowest BCUT2D eigenvalue weighted by atomic mass is 10.0. The zero-order valence-corrected chi connectivity index (χ0v) is 9.54. The van der Waals surface area contributed by atoms with Crippen molar-refractivity contribution in [3.8, 4) is 0 Å². The van der Waals surface area contributed by atoms with Gasteiger partial charge in [0.2, 0.25) is 0 Å². The van der Waals surface area contributed by atoms with Gasteiger partial charge in [-0.25, -0.2) is 0 Å². The Labute approximate surface area is 87.7 Å². The first-order valence-corrected chi connectivity index (χ1v) is 6.06. The fourth-order valence-electron chi connectivity index (χ4n) is 2.16. The summed E-state index contributed by atoms with van der Waals surface area (Å²) >= 11 is 0. The van der Waals surface area contributed by atoms with E-state index in [1.807, 2.05) is 0 Å². The minimum atomic E-state index is -0.0844. The van der Waals surface area contributed by atoms with E-state index >= 15 is 0 Å². The van der Waals surface area contributed by atoms with E-state index in [-0.39, 0.29) is 6.10 Å². The van der Waals surface area contributed by atoms with Crippen LogP contribution in [0.25, 0.3) is 0 Å². The summed E-state index contributed by atoms with van der Waals surface area (Å²) in [5, 5.41) is 9.53. The van der Waals surface area contributed by atoms with Crippen LogP contribution in [0, 0.1) is 0 Å². The maximum absolute atomic E-state index is 9.53. The summed E-state index contributed by atoms with van der Waals surface area (Å²) in [5.41, 5.74) is 0. The quantitative estimate of drug-likeness (QED) is 0.714. The van der Waals surface area contributed by atoms with Gasteiger partial charge in [-0.2, -0.15) is 0 Å². The maximum Gasteiger partial charge on any atom is 0.0579 e. The molecule has 3 unspecified atom stereocenters. The van der Waals surface area contributed by atoms with Gasteiger partial charge in [0.15, 0.2) is 0 Å². The van der Waals surface area contributed by atoms with E-state index in [4.69, 9.17) is 4.74 Å². The van der Waals surface area contributed by atoms with Crippen LogP contribution in [0.5, 0.6) is 0 Å². The molecule has 84 valence electrons. The van der Waals surface area contributed by atoms with Crippen molar-refractivity contribution in [1.29, 1.82) is 0 Å². The van der Waals surface area contributed by atoms with Crippen LogP contribution in [0.15, 0.2) is 0 Å². The summed E-state index contributed by atoms with van der Waals surface area (Å²) in [6.07, 6.45) is 8.48. The number of ether oxygens (including phenoxy) is 1. The largest absolute Gasteiger partial charge is 0.393 e. The smallest absolute Gasteiger partial charge is 0.0579 e. The molecule has 1 rings (SSSR count). The van der Waals surface area contributed by atoms with Crippen LogP contribution in [0.4, 0.5) is 0 Å². The fraction of sp³-hybridized carbons (Fsp3) is 1.00. The van der Waals surface area contributed by atoms with Crippen molar-refractivity contribution in [3.63, 3.8) is 0 Å². The lowest BCUT2D eigenvalue weighted by Crippen LogP contribution is -2.11. The Morgan fingerprint density at radius 1 is 1.36 bits per heavy atom. The zero-order valence-electron chi connectivity index (χ0n) is 9.54. The Bertz CT molecular complexity index is 147. The molecule has 1 N–H and O–H groups in total.